The quantitative estimate of drug-likeness (QED) is 0.415. The van der Waals surface area contributed by atoms with Gasteiger partial charge in [-0.25, -0.2) is 0 Å². The summed E-state index contributed by atoms with van der Waals surface area (Å²) in [5, 5.41) is 0. The molecule has 0 N–H and O–H groups in total. The number of piperidine rings is 1. The van der Waals surface area contributed by atoms with Gasteiger partial charge in [0, 0.05) is 17.7 Å². The first-order chi connectivity index (χ1) is 3.39. The predicted octanol–water partition coefficient (Wildman–Crippen LogP) is 0.949. The Balaban J connectivity index is 2.25. The Morgan fingerprint density at radius 2 is 1.57 bits per heavy atom. The van der Waals surface area contributed by atoms with Crippen LogP contribution in [0.2, 0.25) is 0 Å². The summed E-state index contributed by atoms with van der Waals surface area (Å²) < 4.78 is 1.14. The van der Waals surface area contributed by atoms with Crippen LogP contribution in [0, 0.1) is 4.91 Å². The molecule has 1 rings (SSSR count). The summed E-state index contributed by atoms with van der Waals surface area (Å²) in [6, 6.07) is 0. The zero-order valence-corrected chi connectivity index (χ0v) is 4.39. The second-order valence-electron chi connectivity index (χ2n) is 1.99. The average molecular weight is 100 g/mol. The Morgan fingerprint density at radius 3 is 1.86 bits per heavy atom. The topological polar surface area (TPSA) is 20.1 Å². The van der Waals surface area contributed by atoms with Gasteiger partial charge in [-0.2, -0.15) is 0 Å². The number of hydrogen-bond donors (Lipinski definition) is 0. The molecule has 0 atom stereocenters. The van der Waals surface area contributed by atoms with Crippen LogP contribution in [0.4, 0.5) is 0 Å². The molecule has 0 aliphatic carbocycles. The Labute approximate surface area is 43.1 Å². The van der Waals surface area contributed by atoms with E-state index in [1.165, 1.54) is 6.42 Å². The van der Waals surface area contributed by atoms with Crippen LogP contribution >= 0.6 is 0 Å². The number of nitrogens with zero attached hydrogens (tertiary/aromatic N) is 1. The first-order valence-corrected chi connectivity index (χ1v) is 2.82. The monoisotopic (exact) mass is 100 g/mol. The fraction of sp³-hybridized carbons (Fsp3) is 1.00. The standard InChI is InChI=1S/C5H10NO/c7-6-4-2-1-3-5-6/h1-5H2/q+1. The molecule has 0 aromatic heterocycles. The molecule has 40 valence electrons. The van der Waals surface area contributed by atoms with Crippen molar-refractivity contribution >= 4 is 0 Å². The molecule has 7 heavy (non-hydrogen) atoms. The third-order valence-corrected chi connectivity index (χ3v) is 1.32. The van der Waals surface area contributed by atoms with Gasteiger partial charge in [-0.05, 0) is 11.2 Å². The summed E-state index contributed by atoms with van der Waals surface area (Å²) >= 11 is 0. The van der Waals surface area contributed by atoms with Gasteiger partial charge in [0.15, 0.2) is 13.1 Å². The SMILES string of the molecule is O=[N+]1CCCCC1. The lowest BCUT2D eigenvalue weighted by molar-refractivity contribution is -0.557. The smallest absolute Gasteiger partial charge is 0.0410 e. The van der Waals surface area contributed by atoms with E-state index in [1.54, 1.807) is 0 Å². The van der Waals surface area contributed by atoms with E-state index in [9.17, 15) is 4.91 Å². The summed E-state index contributed by atoms with van der Waals surface area (Å²) in [5.41, 5.74) is 0. The van der Waals surface area contributed by atoms with Crippen molar-refractivity contribution in [1.29, 1.82) is 0 Å². The molecule has 0 aromatic rings. The van der Waals surface area contributed by atoms with E-state index in [2.05, 4.69) is 0 Å². The van der Waals surface area contributed by atoms with Crippen LogP contribution in [0.3, 0.4) is 0 Å². The Bertz CT molecular complexity index is 72.1. The van der Waals surface area contributed by atoms with Crippen molar-refractivity contribution in [3.63, 3.8) is 0 Å². The molecule has 1 aliphatic heterocycles. The van der Waals surface area contributed by atoms with Crippen molar-refractivity contribution in [2.45, 2.75) is 19.3 Å². The summed E-state index contributed by atoms with van der Waals surface area (Å²) in [7, 11) is 0. The predicted molar refractivity (Wildman–Crippen MR) is 27.2 cm³/mol. The lowest BCUT2D eigenvalue weighted by Gasteiger charge is -1.99. The summed E-state index contributed by atoms with van der Waals surface area (Å²) in [6.45, 7) is 1.53. The second-order valence-corrected chi connectivity index (χ2v) is 1.99. The highest BCUT2D eigenvalue weighted by Crippen LogP contribution is 2.01. The van der Waals surface area contributed by atoms with Crippen LogP contribution in [0.5, 0.6) is 0 Å². The van der Waals surface area contributed by atoms with E-state index in [0.717, 1.165) is 30.7 Å². The van der Waals surface area contributed by atoms with Crippen LogP contribution in [-0.4, -0.2) is 17.8 Å². The maximum atomic E-state index is 10.4. The minimum absolute atomic E-state index is 0.764. The fourth-order valence-corrected chi connectivity index (χ4v) is 0.865. The van der Waals surface area contributed by atoms with E-state index < -0.39 is 0 Å². The molecule has 1 saturated heterocycles. The normalized spacial score (nSPS) is 22.6. The Kier molecular flexibility index (Phi) is 1.39. The van der Waals surface area contributed by atoms with Crippen molar-refractivity contribution in [2.75, 3.05) is 13.1 Å². The zero-order chi connectivity index (χ0) is 5.11. The highest BCUT2D eigenvalue weighted by atomic mass is 16.3. The Morgan fingerprint density at radius 1 is 1.00 bits per heavy atom. The zero-order valence-electron chi connectivity index (χ0n) is 4.39. The van der Waals surface area contributed by atoms with E-state index >= 15 is 0 Å². The van der Waals surface area contributed by atoms with Crippen molar-refractivity contribution < 1.29 is 4.76 Å². The van der Waals surface area contributed by atoms with Gasteiger partial charge in [-0.1, -0.05) is 0 Å². The average Bonchev–Trinajstić information content (AvgIpc) is 1.69. The maximum absolute atomic E-state index is 10.4. The second kappa shape index (κ2) is 2.05. The molecule has 1 aliphatic rings. The lowest BCUT2D eigenvalue weighted by Crippen LogP contribution is -2.16. The summed E-state index contributed by atoms with van der Waals surface area (Å²) in [6.07, 6.45) is 3.45. The van der Waals surface area contributed by atoms with Crippen LogP contribution in [0.25, 0.3) is 0 Å². The van der Waals surface area contributed by atoms with Crippen LogP contribution in [0.1, 0.15) is 19.3 Å². The molecule has 0 aromatic carbocycles. The van der Waals surface area contributed by atoms with Crippen LogP contribution in [-0.2, 0) is 0 Å². The van der Waals surface area contributed by atoms with Crippen molar-refractivity contribution in [3.8, 4) is 0 Å². The maximum Gasteiger partial charge on any atom is 0.192 e. The van der Waals surface area contributed by atoms with E-state index in [1.807, 2.05) is 0 Å². The van der Waals surface area contributed by atoms with Crippen LogP contribution < -0.4 is 0 Å². The van der Waals surface area contributed by atoms with E-state index in [0.29, 0.717) is 0 Å². The molecule has 2 heteroatoms. The van der Waals surface area contributed by atoms with Gasteiger partial charge < -0.3 is 0 Å². The highest BCUT2D eigenvalue weighted by Gasteiger charge is 2.12. The van der Waals surface area contributed by atoms with E-state index in [-0.39, 0.29) is 0 Å². The molecular weight excluding hydrogens is 90.1 g/mol. The molecule has 2 nitrogen and oxygen atoms in total. The van der Waals surface area contributed by atoms with Gasteiger partial charge in [0.25, 0.3) is 0 Å². The largest absolute Gasteiger partial charge is 0.192 e. The van der Waals surface area contributed by atoms with Gasteiger partial charge in [-0.15, -0.1) is 0 Å². The van der Waals surface area contributed by atoms with Gasteiger partial charge in [0.05, 0.1) is 0 Å². The number of rotatable bonds is 0. The summed E-state index contributed by atoms with van der Waals surface area (Å²) in [4.78, 5) is 10.4. The summed E-state index contributed by atoms with van der Waals surface area (Å²) in [5.74, 6) is 0. The van der Waals surface area contributed by atoms with Crippen molar-refractivity contribution in [2.24, 2.45) is 0 Å². The van der Waals surface area contributed by atoms with Crippen LogP contribution in [0.15, 0.2) is 0 Å². The third kappa shape index (κ3) is 1.26. The van der Waals surface area contributed by atoms with Crippen molar-refractivity contribution in [1.82, 2.24) is 0 Å². The number of hydrogen-bond acceptors (Lipinski definition) is 1. The molecule has 0 spiro atoms. The molecule has 0 radical (unpaired) electrons. The van der Waals surface area contributed by atoms with Gasteiger partial charge in [0.1, 0.15) is 0 Å². The Hall–Kier alpha value is -0.400. The fourth-order valence-electron chi connectivity index (χ4n) is 0.865. The molecular formula is C5H10NO+. The minimum Gasteiger partial charge on any atom is -0.0410 e. The molecule has 1 fully saturated rings. The van der Waals surface area contributed by atoms with Crippen molar-refractivity contribution in [3.05, 3.63) is 4.91 Å². The van der Waals surface area contributed by atoms with Gasteiger partial charge >= 0.3 is 0 Å². The molecule has 0 saturated carbocycles. The lowest BCUT2D eigenvalue weighted by atomic mass is 10.2. The molecule has 1 heterocycles. The minimum atomic E-state index is 0.764. The van der Waals surface area contributed by atoms with Gasteiger partial charge in [0.2, 0.25) is 0 Å². The van der Waals surface area contributed by atoms with Gasteiger partial charge in [-0.3, -0.25) is 0 Å². The highest BCUT2D eigenvalue weighted by molar-refractivity contribution is 4.43. The molecule has 0 unspecified atom stereocenters. The first kappa shape index (κ1) is 4.75. The third-order valence-electron chi connectivity index (χ3n) is 1.32. The van der Waals surface area contributed by atoms with E-state index in [4.69, 9.17) is 0 Å². The molecule has 0 amide bonds. The number of nitroso groups, excluding NO2 is 1. The molecule has 0 bridgehead atoms. The first-order valence-electron chi connectivity index (χ1n) is 2.82.